The maximum atomic E-state index is 10.6. The fraction of sp³-hybridized carbons (Fsp3) is 0.913. The molecular formula is C23H48NNaO3. The Bertz CT molecular complexity index is 294. The topological polar surface area (TPSA) is 83.5 Å². The van der Waals surface area contributed by atoms with Gasteiger partial charge in [-0.2, -0.15) is 6.42 Å². The number of hydrogen-bond acceptors (Lipinski definition) is 3. The maximum absolute atomic E-state index is 10.6. The van der Waals surface area contributed by atoms with Crippen molar-refractivity contribution >= 4 is 5.97 Å². The molecule has 0 bridgehead atoms. The summed E-state index contributed by atoms with van der Waals surface area (Å²) in [6.45, 7) is 7.85. The molecule has 0 aliphatic rings. The van der Waals surface area contributed by atoms with Crippen molar-refractivity contribution in [1.82, 2.24) is 0 Å². The van der Waals surface area contributed by atoms with Crippen LogP contribution in [0.3, 0.4) is 0 Å². The number of rotatable bonds is 18. The minimum atomic E-state index is -1.23. The molecule has 164 valence electrons. The van der Waals surface area contributed by atoms with Gasteiger partial charge in [-0.3, -0.25) is 4.79 Å². The van der Waals surface area contributed by atoms with Crippen molar-refractivity contribution in [2.45, 2.75) is 129 Å². The van der Waals surface area contributed by atoms with E-state index >= 15 is 0 Å². The summed E-state index contributed by atoms with van der Waals surface area (Å²) in [4.78, 5) is 10.6. The molecule has 0 aromatic carbocycles. The van der Waals surface area contributed by atoms with Gasteiger partial charge in [-0.15, -0.1) is 0 Å². The molecule has 0 rings (SSSR count). The third-order valence-corrected chi connectivity index (χ3v) is 5.03. The van der Waals surface area contributed by atoms with Crippen molar-refractivity contribution in [2.75, 3.05) is 6.61 Å². The zero-order valence-corrected chi connectivity index (χ0v) is 21.3. The molecule has 28 heavy (non-hydrogen) atoms. The minimum absolute atomic E-state index is 0. The normalized spacial score (nSPS) is 12.5. The second kappa shape index (κ2) is 25.4. The molecule has 0 saturated carbocycles. The summed E-state index contributed by atoms with van der Waals surface area (Å²) in [5.41, 5.74) is 4.27. The zero-order chi connectivity index (χ0) is 20.8. The number of nitrogens with two attached hydrogens (primary N) is 1. The Morgan fingerprint density at radius 2 is 1.18 bits per heavy atom. The van der Waals surface area contributed by atoms with Crippen LogP contribution in [-0.4, -0.2) is 28.3 Å². The van der Waals surface area contributed by atoms with Crippen LogP contribution in [0.5, 0.6) is 0 Å². The molecule has 0 fully saturated rings. The maximum Gasteiger partial charge on any atom is 1.00 e. The van der Waals surface area contributed by atoms with Gasteiger partial charge in [0.1, 0.15) is 5.54 Å². The van der Waals surface area contributed by atoms with E-state index in [0.717, 1.165) is 6.42 Å². The molecule has 1 unspecified atom stereocenters. The first-order valence-electron chi connectivity index (χ1n) is 11.4. The van der Waals surface area contributed by atoms with E-state index in [-0.39, 0.29) is 42.6 Å². The summed E-state index contributed by atoms with van der Waals surface area (Å²) in [6, 6.07) is 0. The van der Waals surface area contributed by atoms with E-state index in [1.54, 1.807) is 0 Å². The summed E-state index contributed by atoms with van der Waals surface area (Å²) in [5, 5.41) is 17.2. The van der Waals surface area contributed by atoms with E-state index in [1.807, 2.05) is 6.92 Å². The van der Waals surface area contributed by atoms with Gasteiger partial charge in [-0.05, 0) is 12.8 Å². The van der Waals surface area contributed by atoms with Gasteiger partial charge in [0.15, 0.2) is 0 Å². The van der Waals surface area contributed by atoms with Gasteiger partial charge < -0.3 is 22.9 Å². The predicted octanol–water partition coefficient (Wildman–Crippen LogP) is 3.26. The summed E-state index contributed by atoms with van der Waals surface area (Å²) < 4.78 is 0. The molecule has 0 saturated heterocycles. The number of carboxylic acids is 1. The number of carboxylic acid groups (broad SMARTS) is 1. The molecule has 0 aromatic rings. The van der Waals surface area contributed by atoms with Gasteiger partial charge in [0.2, 0.25) is 0 Å². The van der Waals surface area contributed by atoms with Crippen molar-refractivity contribution in [2.24, 2.45) is 5.73 Å². The molecule has 0 radical (unpaired) electrons. The molecule has 5 heteroatoms. The predicted molar refractivity (Wildman–Crippen MR) is 117 cm³/mol. The van der Waals surface area contributed by atoms with Gasteiger partial charge in [0, 0.05) is 6.61 Å². The summed E-state index contributed by atoms with van der Waals surface area (Å²) in [6.07, 6.45) is 21.1. The van der Waals surface area contributed by atoms with Gasteiger partial charge in [0.25, 0.3) is 0 Å². The Kier molecular flexibility index (Phi) is 30.0. The first-order valence-corrected chi connectivity index (χ1v) is 11.4. The standard InChI is InChI=1S/C16H33.C7H15NO3.Na/c1-3-5-7-9-11-13-15-16-14-12-10-8-6-4-2;1-2-3-7(8,4-5-9)6(10)11;/h1,3-16H2,2H3;9H,2-5,8H2,1H3,(H,10,11);/q-1;;+1. The van der Waals surface area contributed by atoms with E-state index in [9.17, 15) is 4.79 Å². The molecule has 4 nitrogen and oxygen atoms in total. The molecule has 0 amide bonds. The Labute approximate surface area is 197 Å². The van der Waals surface area contributed by atoms with Crippen LogP contribution >= 0.6 is 0 Å². The fourth-order valence-electron chi connectivity index (χ4n) is 3.18. The Morgan fingerprint density at radius 1 is 0.786 bits per heavy atom. The first kappa shape index (κ1) is 33.0. The first-order chi connectivity index (χ1) is 13.0. The van der Waals surface area contributed by atoms with Crippen molar-refractivity contribution in [3.63, 3.8) is 0 Å². The smallest absolute Gasteiger partial charge is 0.480 e. The van der Waals surface area contributed by atoms with E-state index < -0.39 is 11.5 Å². The van der Waals surface area contributed by atoms with Gasteiger partial charge in [-0.25, -0.2) is 0 Å². The molecule has 0 aromatic heterocycles. The van der Waals surface area contributed by atoms with Crippen LogP contribution in [0.1, 0.15) is 123 Å². The molecular weight excluding hydrogens is 361 g/mol. The average molecular weight is 410 g/mol. The Balaban J connectivity index is -0.000000460. The van der Waals surface area contributed by atoms with Crippen LogP contribution in [0.15, 0.2) is 0 Å². The second-order valence-electron chi connectivity index (χ2n) is 7.78. The fourth-order valence-corrected chi connectivity index (χ4v) is 3.18. The van der Waals surface area contributed by atoms with E-state index in [2.05, 4.69) is 13.8 Å². The quantitative estimate of drug-likeness (QED) is 0.184. The Morgan fingerprint density at radius 3 is 1.46 bits per heavy atom. The van der Waals surface area contributed by atoms with E-state index in [1.165, 1.54) is 83.5 Å². The zero-order valence-electron chi connectivity index (χ0n) is 19.3. The Hall–Kier alpha value is 0.390. The molecule has 0 heterocycles. The summed E-state index contributed by atoms with van der Waals surface area (Å²) >= 11 is 0. The van der Waals surface area contributed by atoms with Gasteiger partial charge in [-0.1, -0.05) is 104 Å². The van der Waals surface area contributed by atoms with Crippen molar-refractivity contribution in [3.8, 4) is 0 Å². The van der Waals surface area contributed by atoms with E-state index in [4.69, 9.17) is 15.9 Å². The van der Waals surface area contributed by atoms with E-state index in [0.29, 0.717) is 12.8 Å². The van der Waals surface area contributed by atoms with Crippen molar-refractivity contribution in [3.05, 3.63) is 6.92 Å². The second-order valence-corrected chi connectivity index (χ2v) is 7.78. The SMILES string of the molecule is CCCC(N)(CCO)C(=O)O.[CH2-]CCCCCCCCCCCCCCC.[Na+]. The number of aliphatic carboxylic acids is 1. The number of aliphatic hydroxyl groups is 1. The third-order valence-electron chi connectivity index (χ3n) is 5.03. The van der Waals surface area contributed by atoms with Crippen LogP contribution in [0, 0.1) is 6.92 Å². The van der Waals surface area contributed by atoms with Crippen molar-refractivity contribution < 1.29 is 44.6 Å². The molecule has 0 aliphatic carbocycles. The minimum Gasteiger partial charge on any atom is -0.480 e. The molecule has 0 spiro atoms. The van der Waals surface area contributed by atoms with Crippen LogP contribution in [-0.2, 0) is 4.79 Å². The van der Waals surface area contributed by atoms with Gasteiger partial charge >= 0.3 is 35.5 Å². The van der Waals surface area contributed by atoms with Gasteiger partial charge in [0.05, 0.1) is 0 Å². The summed E-state index contributed by atoms with van der Waals surface area (Å²) in [7, 11) is 0. The molecule has 4 N–H and O–H groups in total. The van der Waals surface area contributed by atoms with Crippen LogP contribution in [0.2, 0.25) is 0 Å². The van der Waals surface area contributed by atoms with Crippen LogP contribution in [0.25, 0.3) is 0 Å². The third kappa shape index (κ3) is 22.7. The molecule has 1 atom stereocenters. The number of aliphatic hydroxyl groups excluding tert-OH is 1. The monoisotopic (exact) mass is 409 g/mol. The summed E-state index contributed by atoms with van der Waals surface area (Å²) in [5.74, 6) is -1.03. The largest absolute Gasteiger partial charge is 1.00 e. The van der Waals surface area contributed by atoms with Crippen molar-refractivity contribution in [1.29, 1.82) is 0 Å². The van der Waals surface area contributed by atoms with Crippen LogP contribution in [0.4, 0.5) is 0 Å². The average Bonchev–Trinajstić information content (AvgIpc) is 2.63. The van der Waals surface area contributed by atoms with Crippen LogP contribution < -0.4 is 35.3 Å². The number of carbonyl (C=O) groups is 1. The number of unbranched alkanes of at least 4 members (excludes halogenated alkanes) is 13. The number of hydrogen-bond donors (Lipinski definition) is 3. The molecule has 0 aliphatic heterocycles.